The van der Waals surface area contributed by atoms with Crippen molar-refractivity contribution in [2.45, 2.75) is 26.3 Å². The highest BCUT2D eigenvalue weighted by Gasteiger charge is 2.17. The van der Waals surface area contributed by atoms with Gasteiger partial charge < -0.3 is 15.0 Å². The summed E-state index contributed by atoms with van der Waals surface area (Å²) in [6, 6.07) is 0.539. The van der Waals surface area contributed by atoms with Crippen LogP contribution in [0.2, 0.25) is 0 Å². The predicted molar refractivity (Wildman–Crippen MR) is 61.7 cm³/mol. The van der Waals surface area contributed by atoms with E-state index < -0.39 is 0 Å². The number of nitrogens with one attached hydrogen (secondary N) is 1. The van der Waals surface area contributed by atoms with Crippen molar-refractivity contribution in [3.63, 3.8) is 0 Å². The number of ether oxygens (including phenoxy) is 1. The van der Waals surface area contributed by atoms with E-state index in [1.54, 1.807) is 7.11 Å². The van der Waals surface area contributed by atoms with Crippen LogP contribution >= 0.6 is 0 Å². The van der Waals surface area contributed by atoms with E-state index in [4.69, 9.17) is 4.74 Å². The molecule has 0 aliphatic rings. The summed E-state index contributed by atoms with van der Waals surface area (Å²) in [5.41, 5.74) is 0. The van der Waals surface area contributed by atoms with Gasteiger partial charge in [0.25, 0.3) is 0 Å². The maximum atomic E-state index is 5.24. The van der Waals surface area contributed by atoms with Crippen LogP contribution in [0, 0.1) is 5.92 Å². The minimum absolute atomic E-state index is 0.539. The smallest absolute Gasteiger partial charge is 0.0620 e. The molecule has 1 atom stereocenters. The van der Waals surface area contributed by atoms with Crippen molar-refractivity contribution in [3.05, 3.63) is 0 Å². The minimum Gasteiger partial charge on any atom is -0.383 e. The first kappa shape index (κ1) is 13.9. The third-order valence-electron chi connectivity index (χ3n) is 2.61. The zero-order chi connectivity index (χ0) is 11.0. The van der Waals surface area contributed by atoms with E-state index in [1.807, 2.05) is 7.05 Å². The molecule has 0 aliphatic heterocycles. The fourth-order valence-electron chi connectivity index (χ4n) is 1.67. The standard InChI is InChI=1S/C11H26N2O/c1-10(2)11(9-14-5)13(4)8-6-7-12-3/h10-12H,6-9H2,1-5H3. The normalized spacial score (nSPS) is 13.9. The van der Waals surface area contributed by atoms with Crippen LogP contribution in [0.4, 0.5) is 0 Å². The van der Waals surface area contributed by atoms with Gasteiger partial charge in [0.15, 0.2) is 0 Å². The molecule has 0 aromatic heterocycles. The van der Waals surface area contributed by atoms with E-state index in [1.165, 1.54) is 6.42 Å². The van der Waals surface area contributed by atoms with Crippen LogP contribution in [-0.4, -0.2) is 51.8 Å². The van der Waals surface area contributed by atoms with Gasteiger partial charge in [0.2, 0.25) is 0 Å². The van der Waals surface area contributed by atoms with Crippen molar-refractivity contribution >= 4 is 0 Å². The molecule has 0 rings (SSSR count). The molecule has 3 heteroatoms. The van der Waals surface area contributed by atoms with Crippen LogP contribution in [-0.2, 0) is 4.74 Å². The van der Waals surface area contributed by atoms with Gasteiger partial charge >= 0.3 is 0 Å². The highest BCUT2D eigenvalue weighted by molar-refractivity contribution is 4.71. The van der Waals surface area contributed by atoms with Crippen molar-refractivity contribution in [1.82, 2.24) is 10.2 Å². The molecule has 0 aromatic carbocycles. The Morgan fingerprint density at radius 1 is 1.36 bits per heavy atom. The Morgan fingerprint density at radius 3 is 2.43 bits per heavy atom. The van der Waals surface area contributed by atoms with E-state index in [-0.39, 0.29) is 0 Å². The molecule has 0 saturated carbocycles. The van der Waals surface area contributed by atoms with Crippen LogP contribution in [0.25, 0.3) is 0 Å². The zero-order valence-electron chi connectivity index (χ0n) is 10.3. The molecule has 1 unspecified atom stereocenters. The Bertz CT molecular complexity index is 128. The average Bonchev–Trinajstić information content (AvgIpc) is 2.13. The highest BCUT2D eigenvalue weighted by Crippen LogP contribution is 2.09. The molecule has 3 nitrogen and oxygen atoms in total. The first-order chi connectivity index (χ1) is 6.63. The van der Waals surface area contributed by atoms with Gasteiger partial charge in [-0.05, 0) is 39.5 Å². The van der Waals surface area contributed by atoms with Gasteiger partial charge in [-0.3, -0.25) is 0 Å². The lowest BCUT2D eigenvalue weighted by Gasteiger charge is -2.30. The van der Waals surface area contributed by atoms with E-state index in [9.17, 15) is 0 Å². The second-order valence-corrected chi connectivity index (χ2v) is 4.20. The van der Waals surface area contributed by atoms with Crippen LogP contribution in [0.1, 0.15) is 20.3 Å². The highest BCUT2D eigenvalue weighted by atomic mass is 16.5. The Labute approximate surface area is 88.8 Å². The fourth-order valence-corrected chi connectivity index (χ4v) is 1.67. The number of rotatable bonds is 8. The monoisotopic (exact) mass is 202 g/mol. The summed E-state index contributed by atoms with van der Waals surface area (Å²) in [5.74, 6) is 0.648. The third-order valence-corrected chi connectivity index (χ3v) is 2.61. The molecule has 0 radical (unpaired) electrons. The van der Waals surface area contributed by atoms with Gasteiger partial charge in [0.05, 0.1) is 6.61 Å². The summed E-state index contributed by atoms with van der Waals surface area (Å²) >= 11 is 0. The molecule has 14 heavy (non-hydrogen) atoms. The molecule has 0 aromatic rings. The lowest BCUT2D eigenvalue weighted by Crippen LogP contribution is -2.40. The van der Waals surface area contributed by atoms with E-state index >= 15 is 0 Å². The SMILES string of the molecule is CNCCCN(C)C(COC)C(C)C. The molecule has 0 aliphatic carbocycles. The maximum absolute atomic E-state index is 5.24. The van der Waals surface area contributed by atoms with Gasteiger partial charge in [-0.1, -0.05) is 13.8 Å². The molecule has 0 amide bonds. The van der Waals surface area contributed by atoms with Crippen molar-refractivity contribution in [2.75, 3.05) is 40.9 Å². The Hall–Kier alpha value is -0.120. The number of hydrogen-bond donors (Lipinski definition) is 1. The van der Waals surface area contributed by atoms with Crippen molar-refractivity contribution in [3.8, 4) is 0 Å². The number of likely N-dealkylation sites (N-methyl/N-ethyl adjacent to an activating group) is 1. The second-order valence-electron chi connectivity index (χ2n) is 4.20. The third kappa shape index (κ3) is 5.58. The summed E-state index contributed by atoms with van der Waals surface area (Å²) in [5, 5.41) is 3.17. The molecule has 1 N–H and O–H groups in total. The van der Waals surface area contributed by atoms with E-state index in [2.05, 4.69) is 31.1 Å². The number of methoxy groups -OCH3 is 1. The largest absolute Gasteiger partial charge is 0.383 e. The van der Waals surface area contributed by atoms with Gasteiger partial charge in [0, 0.05) is 13.2 Å². The van der Waals surface area contributed by atoms with Crippen LogP contribution in [0.15, 0.2) is 0 Å². The van der Waals surface area contributed by atoms with Gasteiger partial charge in [-0.2, -0.15) is 0 Å². The molecule has 0 fully saturated rings. The van der Waals surface area contributed by atoms with Crippen LogP contribution < -0.4 is 5.32 Å². The molecular formula is C11H26N2O. The van der Waals surface area contributed by atoms with E-state index in [0.717, 1.165) is 19.7 Å². The molecular weight excluding hydrogens is 176 g/mol. The molecule has 0 bridgehead atoms. The predicted octanol–water partition coefficient (Wildman–Crippen LogP) is 1.20. The summed E-state index contributed by atoms with van der Waals surface area (Å²) in [6.45, 7) is 7.54. The zero-order valence-corrected chi connectivity index (χ0v) is 10.3. The molecule has 0 spiro atoms. The lowest BCUT2D eigenvalue weighted by atomic mass is 10.0. The number of nitrogens with zero attached hydrogens (tertiary/aromatic N) is 1. The molecule has 86 valence electrons. The van der Waals surface area contributed by atoms with Gasteiger partial charge in [-0.15, -0.1) is 0 Å². The average molecular weight is 202 g/mol. The Balaban J connectivity index is 3.82. The minimum atomic E-state index is 0.539. The summed E-state index contributed by atoms with van der Waals surface area (Å²) in [4.78, 5) is 2.39. The number of hydrogen-bond acceptors (Lipinski definition) is 3. The van der Waals surface area contributed by atoms with Crippen molar-refractivity contribution in [1.29, 1.82) is 0 Å². The lowest BCUT2D eigenvalue weighted by molar-refractivity contribution is 0.0798. The van der Waals surface area contributed by atoms with Crippen molar-refractivity contribution < 1.29 is 4.74 Å². The molecule has 0 saturated heterocycles. The summed E-state index contributed by atoms with van der Waals surface area (Å²) in [7, 11) is 5.95. The summed E-state index contributed by atoms with van der Waals surface area (Å²) < 4.78 is 5.24. The summed E-state index contributed by atoms with van der Waals surface area (Å²) in [6.07, 6.45) is 1.19. The second kappa shape index (κ2) is 8.21. The first-order valence-corrected chi connectivity index (χ1v) is 5.47. The van der Waals surface area contributed by atoms with E-state index in [0.29, 0.717) is 12.0 Å². The Kier molecular flexibility index (Phi) is 8.14. The van der Waals surface area contributed by atoms with Gasteiger partial charge in [0.1, 0.15) is 0 Å². The fraction of sp³-hybridized carbons (Fsp3) is 1.00. The van der Waals surface area contributed by atoms with Gasteiger partial charge in [-0.25, -0.2) is 0 Å². The van der Waals surface area contributed by atoms with Crippen LogP contribution in [0.3, 0.4) is 0 Å². The van der Waals surface area contributed by atoms with Crippen molar-refractivity contribution in [2.24, 2.45) is 5.92 Å². The Morgan fingerprint density at radius 2 is 2.00 bits per heavy atom. The first-order valence-electron chi connectivity index (χ1n) is 5.47. The quantitative estimate of drug-likeness (QED) is 0.599. The van der Waals surface area contributed by atoms with Crippen LogP contribution in [0.5, 0.6) is 0 Å². The molecule has 0 heterocycles. The topological polar surface area (TPSA) is 24.5 Å². The maximum Gasteiger partial charge on any atom is 0.0620 e.